The Balaban J connectivity index is 2.32. The highest BCUT2D eigenvalue weighted by Crippen LogP contribution is 2.26. The van der Waals surface area contributed by atoms with Crippen LogP contribution in [-0.2, 0) is 4.79 Å². The standard InChI is InChI=1S/C20H27N3O3/c1-5-14(2)18(20(25)23-12-8-9-15(23)13-21)22(3)19(24)16-10-6-7-11-17(16)26-4/h6-7,10-11,14-15,18H,5,8-9,12H2,1-4H3/t14?,15-,18-/m0/s1. The van der Waals surface area contributed by atoms with E-state index in [1.807, 2.05) is 13.8 Å². The number of methoxy groups -OCH3 is 1. The summed E-state index contributed by atoms with van der Waals surface area (Å²) < 4.78 is 5.29. The molecule has 0 aliphatic carbocycles. The van der Waals surface area contributed by atoms with Crippen LogP contribution >= 0.6 is 0 Å². The molecule has 0 spiro atoms. The van der Waals surface area contributed by atoms with Crippen LogP contribution in [0.1, 0.15) is 43.5 Å². The molecular formula is C20H27N3O3. The maximum atomic E-state index is 13.2. The molecule has 6 heteroatoms. The molecule has 2 rings (SSSR count). The van der Waals surface area contributed by atoms with Crippen molar-refractivity contribution >= 4 is 11.8 Å². The number of para-hydroxylation sites is 1. The Morgan fingerprint density at radius 1 is 1.42 bits per heavy atom. The molecule has 1 aliphatic rings. The largest absolute Gasteiger partial charge is 0.496 e. The Morgan fingerprint density at radius 2 is 2.12 bits per heavy atom. The smallest absolute Gasteiger partial charge is 0.258 e. The van der Waals surface area contributed by atoms with Crippen molar-refractivity contribution in [1.29, 1.82) is 5.26 Å². The number of carbonyl (C=O) groups excluding carboxylic acids is 2. The first-order valence-corrected chi connectivity index (χ1v) is 9.06. The summed E-state index contributed by atoms with van der Waals surface area (Å²) in [6.07, 6.45) is 2.27. The lowest BCUT2D eigenvalue weighted by Gasteiger charge is -2.35. The lowest BCUT2D eigenvalue weighted by molar-refractivity contribution is -0.137. The predicted molar refractivity (Wildman–Crippen MR) is 98.7 cm³/mol. The van der Waals surface area contributed by atoms with E-state index < -0.39 is 12.1 Å². The summed E-state index contributed by atoms with van der Waals surface area (Å²) >= 11 is 0. The number of likely N-dealkylation sites (N-methyl/N-ethyl adjacent to an activating group) is 1. The van der Waals surface area contributed by atoms with Gasteiger partial charge < -0.3 is 14.5 Å². The predicted octanol–water partition coefficient (Wildman–Crippen LogP) is 2.70. The van der Waals surface area contributed by atoms with E-state index in [-0.39, 0.29) is 17.7 Å². The van der Waals surface area contributed by atoms with Crippen LogP contribution in [0.15, 0.2) is 24.3 Å². The van der Waals surface area contributed by atoms with Gasteiger partial charge in [0.05, 0.1) is 18.7 Å². The van der Waals surface area contributed by atoms with Crippen molar-refractivity contribution in [2.75, 3.05) is 20.7 Å². The van der Waals surface area contributed by atoms with Gasteiger partial charge in [0.15, 0.2) is 0 Å². The quantitative estimate of drug-likeness (QED) is 0.784. The summed E-state index contributed by atoms with van der Waals surface area (Å²) in [7, 11) is 3.17. The summed E-state index contributed by atoms with van der Waals surface area (Å²) in [5.74, 6) is 0.0600. The van der Waals surface area contributed by atoms with Crippen molar-refractivity contribution in [2.45, 2.75) is 45.2 Å². The Bertz CT molecular complexity index is 698. The van der Waals surface area contributed by atoms with Gasteiger partial charge in [-0.2, -0.15) is 5.26 Å². The number of likely N-dealkylation sites (tertiary alicyclic amines) is 1. The zero-order valence-corrected chi connectivity index (χ0v) is 15.9. The molecule has 3 atom stereocenters. The monoisotopic (exact) mass is 357 g/mol. The fourth-order valence-corrected chi connectivity index (χ4v) is 3.49. The first-order valence-electron chi connectivity index (χ1n) is 9.06. The number of rotatable bonds is 6. The fourth-order valence-electron chi connectivity index (χ4n) is 3.49. The highest BCUT2D eigenvalue weighted by atomic mass is 16.5. The van der Waals surface area contributed by atoms with E-state index >= 15 is 0 Å². The van der Waals surface area contributed by atoms with Crippen molar-refractivity contribution < 1.29 is 14.3 Å². The molecule has 0 radical (unpaired) electrons. The maximum Gasteiger partial charge on any atom is 0.258 e. The highest BCUT2D eigenvalue weighted by molar-refractivity contribution is 5.99. The third-order valence-corrected chi connectivity index (χ3v) is 5.20. The average Bonchev–Trinajstić information content (AvgIpc) is 3.15. The van der Waals surface area contributed by atoms with Crippen LogP contribution < -0.4 is 4.74 Å². The molecule has 140 valence electrons. The highest BCUT2D eigenvalue weighted by Gasteiger charge is 2.39. The molecule has 26 heavy (non-hydrogen) atoms. The van der Waals surface area contributed by atoms with Gasteiger partial charge in [-0.05, 0) is 30.9 Å². The molecule has 0 saturated carbocycles. The summed E-state index contributed by atoms with van der Waals surface area (Å²) in [6.45, 7) is 4.53. The average molecular weight is 357 g/mol. The first kappa shape index (κ1) is 19.8. The normalized spacial score (nSPS) is 18.7. The van der Waals surface area contributed by atoms with Gasteiger partial charge >= 0.3 is 0 Å². The number of nitrogens with zero attached hydrogens (tertiary/aromatic N) is 3. The van der Waals surface area contributed by atoms with Gasteiger partial charge in [0.2, 0.25) is 5.91 Å². The number of ether oxygens (including phenoxy) is 1. The molecular weight excluding hydrogens is 330 g/mol. The molecule has 6 nitrogen and oxygen atoms in total. The lowest BCUT2D eigenvalue weighted by atomic mass is 9.95. The molecule has 1 aromatic carbocycles. The number of nitriles is 1. The van der Waals surface area contributed by atoms with Gasteiger partial charge in [-0.3, -0.25) is 9.59 Å². The number of hydrogen-bond donors (Lipinski definition) is 0. The SMILES string of the molecule is CCC(C)[C@@H](C(=O)N1CCC[C@H]1C#N)N(C)C(=O)c1ccccc1OC. The van der Waals surface area contributed by atoms with E-state index in [1.165, 1.54) is 12.0 Å². The lowest BCUT2D eigenvalue weighted by Crippen LogP contribution is -2.53. The van der Waals surface area contributed by atoms with E-state index in [1.54, 1.807) is 36.2 Å². The molecule has 0 bridgehead atoms. The second kappa shape index (κ2) is 8.70. The number of amides is 2. The molecule has 1 fully saturated rings. The summed E-state index contributed by atoms with van der Waals surface area (Å²) in [5, 5.41) is 9.32. The van der Waals surface area contributed by atoms with Crippen molar-refractivity contribution in [3.8, 4) is 11.8 Å². The van der Waals surface area contributed by atoms with E-state index in [2.05, 4.69) is 6.07 Å². The van der Waals surface area contributed by atoms with Gasteiger partial charge in [0, 0.05) is 13.6 Å². The third kappa shape index (κ3) is 3.82. The van der Waals surface area contributed by atoms with Gasteiger partial charge in [0.25, 0.3) is 5.91 Å². The molecule has 0 aromatic heterocycles. The van der Waals surface area contributed by atoms with Crippen molar-refractivity contribution in [3.63, 3.8) is 0 Å². The topological polar surface area (TPSA) is 73.6 Å². The Hall–Kier alpha value is -2.55. The zero-order chi connectivity index (χ0) is 19.3. The fraction of sp³-hybridized carbons (Fsp3) is 0.550. The van der Waals surface area contributed by atoms with Crippen LogP contribution in [0.2, 0.25) is 0 Å². The Labute approximate surface area is 155 Å². The second-order valence-electron chi connectivity index (χ2n) is 6.77. The van der Waals surface area contributed by atoms with Crippen LogP contribution in [0.4, 0.5) is 0 Å². The van der Waals surface area contributed by atoms with Crippen LogP contribution in [0.3, 0.4) is 0 Å². The molecule has 2 amide bonds. The first-order chi connectivity index (χ1) is 12.5. The van der Waals surface area contributed by atoms with Gasteiger partial charge in [-0.1, -0.05) is 32.4 Å². The minimum Gasteiger partial charge on any atom is -0.496 e. The summed E-state index contributed by atoms with van der Waals surface area (Å²) in [5.41, 5.74) is 0.428. The molecule has 1 aromatic rings. The van der Waals surface area contributed by atoms with E-state index in [0.717, 1.165) is 12.8 Å². The van der Waals surface area contributed by atoms with Crippen molar-refractivity contribution in [1.82, 2.24) is 9.80 Å². The molecule has 0 N–H and O–H groups in total. The van der Waals surface area contributed by atoms with Crippen LogP contribution in [-0.4, -0.2) is 54.4 Å². The maximum absolute atomic E-state index is 13.2. The molecule has 1 heterocycles. The third-order valence-electron chi connectivity index (χ3n) is 5.20. The van der Waals surface area contributed by atoms with Crippen LogP contribution in [0, 0.1) is 17.2 Å². The van der Waals surface area contributed by atoms with E-state index in [4.69, 9.17) is 4.74 Å². The summed E-state index contributed by atoms with van der Waals surface area (Å²) in [6, 6.07) is 8.20. The zero-order valence-electron chi connectivity index (χ0n) is 15.9. The van der Waals surface area contributed by atoms with E-state index in [0.29, 0.717) is 24.3 Å². The minimum atomic E-state index is -0.605. The van der Waals surface area contributed by atoms with E-state index in [9.17, 15) is 14.9 Å². The number of carbonyl (C=O) groups is 2. The van der Waals surface area contributed by atoms with Crippen molar-refractivity contribution in [3.05, 3.63) is 29.8 Å². The minimum absolute atomic E-state index is 0.0221. The Morgan fingerprint density at radius 3 is 2.73 bits per heavy atom. The molecule has 1 saturated heterocycles. The Kier molecular flexibility index (Phi) is 6.62. The van der Waals surface area contributed by atoms with Crippen LogP contribution in [0.5, 0.6) is 5.75 Å². The summed E-state index contributed by atoms with van der Waals surface area (Å²) in [4.78, 5) is 29.4. The molecule has 1 unspecified atom stereocenters. The van der Waals surface area contributed by atoms with Gasteiger partial charge in [-0.15, -0.1) is 0 Å². The van der Waals surface area contributed by atoms with Crippen molar-refractivity contribution in [2.24, 2.45) is 5.92 Å². The second-order valence-corrected chi connectivity index (χ2v) is 6.77. The van der Waals surface area contributed by atoms with Gasteiger partial charge in [-0.25, -0.2) is 0 Å². The van der Waals surface area contributed by atoms with Crippen LogP contribution in [0.25, 0.3) is 0 Å². The number of benzene rings is 1. The van der Waals surface area contributed by atoms with Gasteiger partial charge in [0.1, 0.15) is 17.8 Å². The number of hydrogen-bond acceptors (Lipinski definition) is 4. The molecule has 1 aliphatic heterocycles.